The van der Waals surface area contributed by atoms with Gasteiger partial charge in [0.05, 0.1) is 23.8 Å². The van der Waals surface area contributed by atoms with Crippen molar-refractivity contribution in [1.29, 1.82) is 0 Å². The smallest absolute Gasteiger partial charge is 0.338 e. The quantitative estimate of drug-likeness (QED) is 0.182. The third-order valence-electron chi connectivity index (χ3n) is 8.56. The molecular weight excluding hydrogens is 671 g/mol. The number of nitrogens with zero attached hydrogens (tertiary/aromatic N) is 5. The molecular formula is C35H36ClFN6O5S. The molecule has 1 unspecified atom stereocenters. The monoisotopic (exact) mass is 706 g/mol. The summed E-state index contributed by atoms with van der Waals surface area (Å²) in [5, 5.41) is 15.1. The summed E-state index contributed by atoms with van der Waals surface area (Å²) < 4.78 is 19.2. The van der Waals surface area contributed by atoms with E-state index in [9.17, 15) is 18.8 Å². The summed E-state index contributed by atoms with van der Waals surface area (Å²) in [7, 11) is 3.30. The molecule has 1 aromatic heterocycles. The first-order valence-electron chi connectivity index (χ1n) is 15.4. The topological polar surface area (TPSA) is 128 Å². The Kier molecular flexibility index (Phi) is 11.1. The summed E-state index contributed by atoms with van der Waals surface area (Å²) in [6.07, 6.45) is 2.46. The van der Waals surface area contributed by atoms with E-state index in [1.165, 1.54) is 48.8 Å². The summed E-state index contributed by atoms with van der Waals surface area (Å²) >= 11 is 7.88. The lowest BCUT2D eigenvalue weighted by Gasteiger charge is -2.43. The van der Waals surface area contributed by atoms with Crippen LogP contribution in [0.15, 0.2) is 70.3 Å². The summed E-state index contributed by atoms with van der Waals surface area (Å²) in [6, 6.07) is 9.31. The molecule has 2 atom stereocenters. The molecule has 2 aliphatic heterocycles. The molecule has 256 valence electrons. The van der Waals surface area contributed by atoms with Crippen LogP contribution in [0.2, 0.25) is 5.02 Å². The molecule has 49 heavy (non-hydrogen) atoms. The second kappa shape index (κ2) is 15.3. The number of amidine groups is 1. The minimum absolute atomic E-state index is 0.0740. The van der Waals surface area contributed by atoms with Crippen molar-refractivity contribution >= 4 is 47.1 Å². The van der Waals surface area contributed by atoms with Gasteiger partial charge in [0.25, 0.3) is 0 Å². The van der Waals surface area contributed by atoms with Crippen LogP contribution >= 0.6 is 22.9 Å². The summed E-state index contributed by atoms with van der Waals surface area (Å²) in [5.74, 6) is 4.58. The highest BCUT2D eigenvalue weighted by Crippen LogP contribution is 2.37. The number of hydrogen-bond acceptors (Lipinski definition) is 10. The lowest BCUT2D eigenvalue weighted by molar-refractivity contribution is -0.136. The van der Waals surface area contributed by atoms with Crippen molar-refractivity contribution in [1.82, 2.24) is 25.0 Å². The number of likely N-dealkylation sites (N-methyl/N-ethyl adjacent to an activating group) is 1. The number of esters is 1. The number of carboxylic acids is 1. The van der Waals surface area contributed by atoms with E-state index in [0.717, 1.165) is 6.41 Å². The number of hydrogen-bond donors (Lipinski definition) is 2. The molecule has 3 heterocycles. The summed E-state index contributed by atoms with van der Waals surface area (Å²) in [6.45, 7) is 6.36. The molecule has 2 aliphatic rings. The molecule has 3 aromatic rings. The fourth-order valence-corrected chi connectivity index (χ4v) is 6.52. The van der Waals surface area contributed by atoms with Crippen molar-refractivity contribution in [2.45, 2.75) is 31.5 Å². The number of aromatic carboxylic acids is 1. The number of ether oxygens (including phenoxy) is 1. The van der Waals surface area contributed by atoms with Gasteiger partial charge in [-0.15, -0.1) is 11.3 Å². The van der Waals surface area contributed by atoms with Crippen LogP contribution in [0.1, 0.15) is 46.4 Å². The lowest BCUT2D eigenvalue weighted by atomic mass is 9.95. The van der Waals surface area contributed by atoms with E-state index in [1.807, 2.05) is 26.3 Å². The predicted octanol–water partition coefficient (Wildman–Crippen LogP) is 4.06. The van der Waals surface area contributed by atoms with Gasteiger partial charge >= 0.3 is 11.9 Å². The third kappa shape index (κ3) is 8.34. The van der Waals surface area contributed by atoms with Gasteiger partial charge in [-0.1, -0.05) is 29.5 Å². The first-order chi connectivity index (χ1) is 23.4. The van der Waals surface area contributed by atoms with E-state index >= 15 is 0 Å². The standard InChI is InChI=1S/C35H36ClFN6O5S/c1-35(2,12-11-22-5-7-23(8-6-22)33(45)46)43(21-44)19-25-18-42(15-14-41(25)3)20-28-29(34(47)48-4)30(26-10-9-24(37)17-27(26)36)40-31(39-28)32-38-13-16-49-32/h5-10,13,16-17,21,25,30H,14-15,18-20H2,1-4H3,(H,39,40)(H,45,46)/t25?,30-/m0/s1. The second-order valence-corrected chi connectivity index (χ2v) is 13.5. The number of nitrogens with one attached hydrogen (secondary N) is 1. The number of thiazole rings is 1. The molecule has 0 radical (unpaired) electrons. The van der Waals surface area contributed by atoms with Crippen LogP contribution in [0.25, 0.3) is 0 Å². The highest BCUT2D eigenvalue weighted by Gasteiger charge is 2.36. The van der Waals surface area contributed by atoms with Crippen LogP contribution in [-0.2, 0) is 14.3 Å². The number of aliphatic imine (C=N–C) groups is 1. The van der Waals surface area contributed by atoms with Crippen molar-refractivity contribution < 1.29 is 28.6 Å². The largest absolute Gasteiger partial charge is 0.478 e. The highest BCUT2D eigenvalue weighted by molar-refractivity contribution is 7.11. The maximum absolute atomic E-state index is 14.0. The van der Waals surface area contributed by atoms with Gasteiger partial charge in [0.2, 0.25) is 6.41 Å². The number of carbonyl (C=O) groups excluding carboxylic acids is 2. The number of carbonyl (C=O) groups is 3. The van der Waals surface area contributed by atoms with Gasteiger partial charge in [0, 0.05) is 72.2 Å². The van der Waals surface area contributed by atoms with Gasteiger partial charge in [-0.25, -0.2) is 19.0 Å². The van der Waals surface area contributed by atoms with Gasteiger partial charge in [0.1, 0.15) is 11.9 Å². The zero-order valence-corrected chi connectivity index (χ0v) is 29.0. The summed E-state index contributed by atoms with van der Waals surface area (Å²) in [5.41, 5.74) is 1.25. The molecule has 1 amide bonds. The average Bonchev–Trinajstić information content (AvgIpc) is 3.62. The molecule has 5 rings (SSSR count). The molecule has 14 heteroatoms. The van der Waals surface area contributed by atoms with Gasteiger partial charge in [0.15, 0.2) is 10.8 Å². The highest BCUT2D eigenvalue weighted by atomic mass is 35.5. The minimum atomic E-state index is -1.01. The maximum atomic E-state index is 14.0. The Labute approximate surface area is 293 Å². The SMILES string of the molecule is COC(=O)C1=C(CN2CCN(C)C(CN(C=O)C(C)(C)C#Cc3ccc(C(=O)O)cc3)C2)NC(c2nccs2)=N[C@H]1c1ccc(F)cc1Cl. The molecule has 0 spiro atoms. The first-order valence-corrected chi connectivity index (χ1v) is 16.7. The van der Waals surface area contributed by atoms with Gasteiger partial charge < -0.3 is 20.1 Å². The van der Waals surface area contributed by atoms with Crippen molar-refractivity contribution in [3.8, 4) is 11.8 Å². The Balaban J connectivity index is 1.39. The van der Waals surface area contributed by atoms with Crippen LogP contribution < -0.4 is 5.32 Å². The molecule has 0 aliphatic carbocycles. The molecule has 0 saturated carbocycles. The van der Waals surface area contributed by atoms with E-state index < -0.39 is 29.3 Å². The lowest BCUT2D eigenvalue weighted by Crippen LogP contribution is -2.58. The Morgan fingerprint density at radius 3 is 2.63 bits per heavy atom. The minimum Gasteiger partial charge on any atom is -0.478 e. The van der Waals surface area contributed by atoms with Gasteiger partial charge in [-0.2, -0.15) is 0 Å². The van der Waals surface area contributed by atoms with E-state index in [-0.39, 0.29) is 22.2 Å². The molecule has 1 saturated heterocycles. The number of benzene rings is 2. The number of aromatic nitrogens is 1. The Hall–Kier alpha value is -4.61. The van der Waals surface area contributed by atoms with E-state index in [2.05, 4.69) is 31.9 Å². The van der Waals surface area contributed by atoms with E-state index in [0.29, 0.717) is 60.4 Å². The molecule has 2 N–H and O–H groups in total. The van der Waals surface area contributed by atoms with Crippen molar-refractivity contribution in [2.75, 3.05) is 46.9 Å². The van der Waals surface area contributed by atoms with Gasteiger partial charge in [-0.3, -0.25) is 19.6 Å². The van der Waals surface area contributed by atoms with Crippen LogP contribution in [-0.4, -0.2) is 107 Å². The molecule has 2 aromatic carbocycles. The van der Waals surface area contributed by atoms with Crippen LogP contribution in [0, 0.1) is 17.7 Å². The molecule has 0 bridgehead atoms. The zero-order chi connectivity index (χ0) is 35.3. The first kappa shape index (κ1) is 35.7. The predicted molar refractivity (Wildman–Crippen MR) is 185 cm³/mol. The molecule has 11 nitrogen and oxygen atoms in total. The van der Waals surface area contributed by atoms with Crippen LogP contribution in [0.5, 0.6) is 0 Å². The zero-order valence-electron chi connectivity index (χ0n) is 27.4. The van der Waals surface area contributed by atoms with Crippen molar-refractivity contribution in [3.63, 3.8) is 0 Å². The van der Waals surface area contributed by atoms with Crippen molar-refractivity contribution in [3.05, 3.63) is 97.8 Å². The number of piperazine rings is 1. The number of carboxylic acid groups (broad SMARTS) is 1. The number of rotatable bonds is 10. The Morgan fingerprint density at radius 2 is 2.00 bits per heavy atom. The van der Waals surface area contributed by atoms with Crippen molar-refractivity contribution in [2.24, 2.45) is 4.99 Å². The normalized spacial score (nSPS) is 18.5. The second-order valence-electron chi connectivity index (χ2n) is 12.2. The average molecular weight is 707 g/mol. The number of amides is 1. The number of halogens is 2. The fraction of sp³-hybridized carbons (Fsp3) is 0.343. The number of methoxy groups -OCH3 is 1. The van der Waals surface area contributed by atoms with Crippen LogP contribution in [0.4, 0.5) is 4.39 Å². The molecule has 1 fully saturated rings. The van der Waals surface area contributed by atoms with Crippen LogP contribution in [0.3, 0.4) is 0 Å². The van der Waals surface area contributed by atoms with E-state index in [1.54, 1.807) is 23.2 Å². The maximum Gasteiger partial charge on any atom is 0.338 e. The fourth-order valence-electron chi connectivity index (χ4n) is 5.67. The summed E-state index contributed by atoms with van der Waals surface area (Å²) in [4.78, 5) is 52.2. The van der Waals surface area contributed by atoms with Gasteiger partial charge in [-0.05, 0) is 57.3 Å². The third-order valence-corrected chi connectivity index (χ3v) is 9.67. The Bertz CT molecular complexity index is 1840. The van der Waals surface area contributed by atoms with E-state index in [4.69, 9.17) is 26.4 Å². The Morgan fingerprint density at radius 1 is 1.24 bits per heavy atom.